The Bertz CT molecular complexity index is 189. The van der Waals surface area contributed by atoms with Crippen molar-refractivity contribution < 1.29 is 4.79 Å². The number of carbonyl (C=O) groups excluding carboxylic acids is 1. The van der Waals surface area contributed by atoms with Gasteiger partial charge in [0.25, 0.3) is 0 Å². The molecule has 0 radical (unpaired) electrons. The van der Waals surface area contributed by atoms with Crippen molar-refractivity contribution in [3.63, 3.8) is 0 Å². The molecule has 66 valence electrons. The predicted molar refractivity (Wildman–Crippen MR) is 51.0 cm³/mol. The number of hydrogen-bond donors (Lipinski definition) is 0. The maximum Gasteiger partial charge on any atom is 0.120 e. The smallest absolute Gasteiger partial charge is 0.120 e. The minimum Gasteiger partial charge on any atom is -0.303 e. The Morgan fingerprint density at radius 3 is 3.17 bits per heavy atom. The maximum atomic E-state index is 10.2. The summed E-state index contributed by atoms with van der Waals surface area (Å²) in [4.78, 5) is 10.2. The topological polar surface area (TPSA) is 17.1 Å². The molecule has 0 fully saturated rings. The van der Waals surface area contributed by atoms with Crippen LogP contribution in [0.15, 0.2) is 23.8 Å². The normalized spacial score (nSPS) is 24.8. The van der Waals surface area contributed by atoms with Crippen LogP contribution in [0.5, 0.6) is 0 Å². The first-order valence-corrected chi connectivity index (χ1v) is 4.71. The third-order valence-electron chi connectivity index (χ3n) is 2.17. The molecule has 0 N–H and O–H groups in total. The van der Waals surface area contributed by atoms with Gasteiger partial charge in [0.05, 0.1) is 0 Å². The summed E-state index contributed by atoms with van der Waals surface area (Å²) < 4.78 is 0. The standard InChI is InChI=1S/C11H16O/c12-10-6-9-11-7-4-2-1-3-5-8-11/h2,4,7,10H,1,3,5-6,8-9H2/b4-2-,11-7+. The number of aldehydes is 1. The van der Waals surface area contributed by atoms with E-state index in [4.69, 9.17) is 0 Å². The molecular formula is C11H16O. The van der Waals surface area contributed by atoms with E-state index in [1.54, 1.807) is 0 Å². The van der Waals surface area contributed by atoms with Crippen LogP contribution in [0.4, 0.5) is 0 Å². The Kier molecular flexibility index (Phi) is 4.43. The fraction of sp³-hybridized carbons (Fsp3) is 0.545. The van der Waals surface area contributed by atoms with Crippen molar-refractivity contribution in [1.82, 2.24) is 0 Å². The van der Waals surface area contributed by atoms with Gasteiger partial charge in [-0.3, -0.25) is 0 Å². The summed E-state index contributed by atoms with van der Waals surface area (Å²) in [6.07, 6.45) is 14.1. The zero-order valence-electron chi connectivity index (χ0n) is 7.46. The first-order valence-electron chi connectivity index (χ1n) is 4.71. The predicted octanol–water partition coefficient (Wildman–Crippen LogP) is 3.02. The van der Waals surface area contributed by atoms with E-state index in [9.17, 15) is 4.79 Å². The minimum absolute atomic E-state index is 0.680. The van der Waals surface area contributed by atoms with Gasteiger partial charge in [-0.25, -0.2) is 0 Å². The molecule has 0 aromatic rings. The molecule has 1 aliphatic carbocycles. The molecule has 0 spiro atoms. The Morgan fingerprint density at radius 1 is 1.42 bits per heavy atom. The highest BCUT2D eigenvalue weighted by Gasteiger charge is 1.98. The Balaban J connectivity index is 2.41. The quantitative estimate of drug-likeness (QED) is 0.586. The van der Waals surface area contributed by atoms with Crippen molar-refractivity contribution >= 4 is 6.29 Å². The third kappa shape index (κ3) is 3.51. The zero-order valence-corrected chi connectivity index (χ0v) is 7.46. The van der Waals surface area contributed by atoms with E-state index >= 15 is 0 Å². The van der Waals surface area contributed by atoms with Crippen LogP contribution in [0.1, 0.15) is 38.5 Å². The van der Waals surface area contributed by atoms with Gasteiger partial charge in [0.15, 0.2) is 0 Å². The van der Waals surface area contributed by atoms with Gasteiger partial charge in [0.2, 0.25) is 0 Å². The minimum atomic E-state index is 0.680. The second kappa shape index (κ2) is 5.76. The number of hydrogen-bond acceptors (Lipinski definition) is 1. The summed E-state index contributed by atoms with van der Waals surface area (Å²) in [6, 6.07) is 0. The zero-order chi connectivity index (χ0) is 8.65. The van der Waals surface area contributed by atoms with Crippen molar-refractivity contribution in [1.29, 1.82) is 0 Å². The molecule has 0 aromatic heterocycles. The third-order valence-corrected chi connectivity index (χ3v) is 2.17. The van der Waals surface area contributed by atoms with Gasteiger partial charge in [0.1, 0.15) is 6.29 Å². The second-order valence-corrected chi connectivity index (χ2v) is 3.20. The molecule has 0 saturated carbocycles. The van der Waals surface area contributed by atoms with Gasteiger partial charge in [-0.2, -0.15) is 0 Å². The van der Waals surface area contributed by atoms with Crippen LogP contribution in [0, 0.1) is 0 Å². The molecule has 0 saturated heterocycles. The molecule has 0 heterocycles. The average Bonchev–Trinajstić information content (AvgIpc) is 2.02. The number of rotatable bonds is 3. The largest absolute Gasteiger partial charge is 0.303 e. The van der Waals surface area contributed by atoms with Gasteiger partial charge in [-0.1, -0.05) is 23.8 Å². The fourth-order valence-corrected chi connectivity index (χ4v) is 1.45. The summed E-state index contributed by atoms with van der Waals surface area (Å²) >= 11 is 0. The van der Waals surface area contributed by atoms with Crippen molar-refractivity contribution in [2.45, 2.75) is 38.5 Å². The molecule has 0 atom stereocenters. The average molecular weight is 164 g/mol. The molecule has 1 heteroatoms. The van der Waals surface area contributed by atoms with E-state index in [2.05, 4.69) is 18.2 Å². The highest BCUT2D eigenvalue weighted by atomic mass is 16.1. The van der Waals surface area contributed by atoms with E-state index in [1.807, 2.05) is 0 Å². The highest BCUT2D eigenvalue weighted by Crippen LogP contribution is 2.16. The van der Waals surface area contributed by atoms with Crippen LogP contribution in [0.25, 0.3) is 0 Å². The van der Waals surface area contributed by atoms with Gasteiger partial charge >= 0.3 is 0 Å². The lowest BCUT2D eigenvalue weighted by Gasteiger charge is -2.06. The summed E-state index contributed by atoms with van der Waals surface area (Å²) in [5.41, 5.74) is 1.43. The summed E-state index contributed by atoms with van der Waals surface area (Å²) in [5.74, 6) is 0. The lowest BCUT2D eigenvalue weighted by molar-refractivity contribution is -0.107. The second-order valence-electron chi connectivity index (χ2n) is 3.20. The molecule has 0 unspecified atom stereocenters. The molecule has 1 aliphatic rings. The van der Waals surface area contributed by atoms with Gasteiger partial charge in [-0.05, 0) is 32.1 Å². The van der Waals surface area contributed by atoms with Crippen LogP contribution in [0.2, 0.25) is 0 Å². The maximum absolute atomic E-state index is 10.2. The first-order chi connectivity index (χ1) is 5.93. The molecule has 1 rings (SSSR count). The van der Waals surface area contributed by atoms with Crippen LogP contribution in [0.3, 0.4) is 0 Å². The SMILES string of the molecule is O=CCC/C1=C/C=C\CCCC1. The first kappa shape index (κ1) is 9.24. The highest BCUT2D eigenvalue weighted by molar-refractivity contribution is 5.49. The van der Waals surface area contributed by atoms with Crippen LogP contribution in [-0.2, 0) is 4.79 Å². The molecule has 0 bridgehead atoms. The van der Waals surface area contributed by atoms with Crippen molar-refractivity contribution in [3.05, 3.63) is 23.8 Å². The lowest BCUT2D eigenvalue weighted by Crippen LogP contribution is -1.88. The molecule has 0 aliphatic heterocycles. The molecular weight excluding hydrogens is 148 g/mol. The summed E-state index contributed by atoms with van der Waals surface area (Å²) in [6.45, 7) is 0. The summed E-state index contributed by atoms with van der Waals surface area (Å²) in [5, 5.41) is 0. The Hall–Kier alpha value is -0.850. The number of carbonyl (C=O) groups is 1. The van der Waals surface area contributed by atoms with E-state index in [0.29, 0.717) is 6.42 Å². The van der Waals surface area contributed by atoms with Crippen LogP contribution in [-0.4, -0.2) is 6.29 Å². The van der Waals surface area contributed by atoms with Gasteiger partial charge in [0, 0.05) is 6.42 Å². The number of allylic oxidation sites excluding steroid dienone is 4. The lowest BCUT2D eigenvalue weighted by atomic mass is 10.0. The molecule has 12 heavy (non-hydrogen) atoms. The molecule has 1 nitrogen and oxygen atoms in total. The van der Waals surface area contributed by atoms with E-state index < -0.39 is 0 Å². The molecule has 0 aromatic carbocycles. The van der Waals surface area contributed by atoms with Crippen molar-refractivity contribution in [2.24, 2.45) is 0 Å². The van der Waals surface area contributed by atoms with Gasteiger partial charge in [-0.15, -0.1) is 0 Å². The Morgan fingerprint density at radius 2 is 2.33 bits per heavy atom. The van der Waals surface area contributed by atoms with Crippen molar-refractivity contribution in [2.75, 3.05) is 0 Å². The van der Waals surface area contributed by atoms with Crippen molar-refractivity contribution in [3.8, 4) is 0 Å². The van der Waals surface area contributed by atoms with Gasteiger partial charge < -0.3 is 4.79 Å². The fourth-order valence-electron chi connectivity index (χ4n) is 1.45. The van der Waals surface area contributed by atoms with E-state index in [0.717, 1.165) is 12.7 Å². The van der Waals surface area contributed by atoms with E-state index in [1.165, 1.54) is 31.3 Å². The summed E-state index contributed by atoms with van der Waals surface area (Å²) in [7, 11) is 0. The van der Waals surface area contributed by atoms with Crippen LogP contribution < -0.4 is 0 Å². The molecule has 0 amide bonds. The Labute approximate surface area is 74.2 Å². The monoisotopic (exact) mass is 164 g/mol. The van der Waals surface area contributed by atoms with Crippen LogP contribution >= 0.6 is 0 Å². The van der Waals surface area contributed by atoms with E-state index in [-0.39, 0.29) is 0 Å².